The lowest BCUT2D eigenvalue weighted by Gasteiger charge is -2.06. The summed E-state index contributed by atoms with van der Waals surface area (Å²) in [4.78, 5) is 19.6. The summed E-state index contributed by atoms with van der Waals surface area (Å²) in [5.74, 6) is -1.95. The third-order valence-electron chi connectivity index (χ3n) is 2.63. The van der Waals surface area contributed by atoms with Gasteiger partial charge in [-0.1, -0.05) is 6.92 Å². The summed E-state index contributed by atoms with van der Waals surface area (Å²) < 4.78 is 25.9. The van der Waals surface area contributed by atoms with Crippen molar-refractivity contribution in [2.75, 3.05) is 11.9 Å². The minimum Gasteiger partial charge on any atom is -0.352 e. The first-order chi connectivity index (χ1) is 10.1. The van der Waals surface area contributed by atoms with Crippen LogP contribution in [0.25, 0.3) is 0 Å². The maximum absolute atomic E-state index is 13.1. The Bertz CT molecular complexity index is 631. The molecule has 0 radical (unpaired) electrons. The van der Waals surface area contributed by atoms with Crippen LogP contribution in [0.5, 0.6) is 0 Å². The number of carbonyl (C=O) groups excluding carboxylic acids is 1. The van der Waals surface area contributed by atoms with Crippen LogP contribution in [0.2, 0.25) is 0 Å². The summed E-state index contributed by atoms with van der Waals surface area (Å²) in [6.07, 6.45) is 3.56. The number of hydrogen-bond donors (Lipinski definition) is 2. The predicted molar refractivity (Wildman–Crippen MR) is 74.3 cm³/mol. The van der Waals surface area contributed by atoms with Crippen LogP contribution in [-0.4, -0.2) is 22.4 Å². The van der Waals surface area contributed by atoms with Gasteiger partial charge in [0.05, 0.1) is 5.56 Å². The molecule has 0 saturated heterocycles. The third-order valence-corrected chi connectivity index (χ3v) is 2.63. The van der Waals surface area contributed by atoms with Gasteiger partial charge in [-0.2, -0.15) is 0 Å². The van der Waals surface area contributed by atoms with Crippen molar-refractivity contribution in [3.63, 3.8) is 0 Å². The molecule has 0 spiro atoms. The number of anilines is 2. The average Bonchev–Trinajstić information content (AvgIpc) is 2.49. The van der Waals surface area contributed by atoms with E-state index in [9.17, 15) is 13.6 Å². The lowest BCUT2D eigenvalue weighted by molar-refractivity contribution is 0.0953. The molecule has 5 nitrogen and oxygen atoms in total. The van der Waals surface area contributed by atoms with Gasteiger partial charge in [-0.05, 0) is 18.6 Å². The topological polar surface area (TPSA) is 66.9 Å². The van der Waals surface area contributed by atoms with Crippen molar-refractivity contribution in [2.45, 2.75) is 13.3 Å². The van der Waals surface area contributed by atoms with Gasteiger partial charge in [0.2, 0.25) is 5.95 Å². The fraction of sp³-hybridized carbons (Fsp3) is 0.214. The molecule has 21 heavy (non-hydrogen) atoms. The Balaban J connectivity index is 2.05. The molecular formula is C14H14F2N4O. The molecule has 7 heteroatoms. The quantitative estimate of drug-likeness (QED) is 0.889. The molecule has 0 atom stereocenters. The Labute approximate surface area is 120 Å². The molecule has 0 aliphatic heterocycles. The molecule has 2 N–H and O–H groups in total. The van der Waals surface area contributed by atoms with E-state index >= 15 is 0 Å². The van der Waals surface area contributed by atoms with Crippen LogP contribution in [0, 0.1) is 11.6 Å². The first-order valence-corrected chi connectivity index (χ1v) is 6.42. The fourth-order valence-electron chi connectivity index (χ4n) is 1.55. The van der Waals surface area contributed by atoms with Gasteiger partial charge in [-0.25, -0.2) is 18.7 Å². The van der Waals surface area contributed by atoms with Crippen LogP contribution in [0.4, 0.5) is 20.4 Å². The van der Waals surface area contributed by atoms with E-state index in [1.54, 1.807) is 0 Å². The van der Waals surface area contributed by atoms with Gasteiger partial charge in [-0.3, -0.25) is 4.79 Å². The Morgan fingerprint density at radius 1 is 1.19 bits per heavy atom. The summed E-state index contributed by atoms with van der Waals surface area (Å²) in [5.41, 5.74) is 0.649. The molecule has 0 saturated carbocycles. The van der Waals surface area contributed by atoms with E-state index < -0.39 is 11.6 Å². The van der Waals surface area contributed by atoms with Gasteiger partial charge in [0.1, 0.15) is 0 Å². The Hall–Kier alpha value is -2.57. The van der Waals surface area contributed by atoms with E-state index in [0.29, 0.717) is 17.8 Å². The van der Waals surface area contributed by atoms with Crippen molar-refractivity contribution >= 4 is 17.5 Å². The second-order valence-corrected chi connectivity index (χ2v) is 4.31. The standard InChI is InChI=1S/C14H14F2N4O/c1-2-5-17-13(21)9-7-18-14(19-8-9)20-10-3-4-11(15)12(16)6-10/h3-4,6-8H,2,5H2,1H3,(H,17,21)(H,18,19,20). The molecule has 0 aliphatic carbocycles. The molecule has 1 aromatic carbocycles. The summed E-state index contributed by atoms with van der Waals surface area (Å²) in [6.45, 7) is 2.53. The third kappa shape index (κ3) is 3.95. The van der Waals surface area contributed by atoms with Gasteiger partial charge >= 0.3 is 0 Å². The largest absolute Gasteiger partial charge is 0.352 e. The summed E-state index contributed by atoms with van der Waals surface area (Å²) in [5, 5.41) is 5.42. The van der Waals surface area contributed by atoms with Crippen molar-refractivity contribution in [3.05, 3.63) is 47.8 Å². The number of nitrogens with one attached hydrogen (secondary N) is 2. The first kappa shape index (κ1) is 14.8. The lowest BCUT2D eigenvalue weighted by atomic mass is 10.3. The van der Waals surface area contributed by atoms with Crippen molar-refractivity contribution < 1.29 is 13.6 Å². The number of amides is 1. The monoisotopic (exact) mass is 292 g/mol. The van der Waals surface area contributed by atoms with Crippen molar-refractivity contribution in [1.82, 2.24) is 15.3 Å². The first-order valence-electron chi connectivity index (χ1n) is 6.42. The Kier molecular flexibility index (Phi) is 4.76. The molecule has 110 valence electrons. The lowest BCUT2D eigenvalue weighted by Crippen LogP contribution is -2.24. The maximum atomic E-state index is 13.1. The molecule has 0 aliphatic rings. The van der Waals surface area contributed by atoms with Crippen LogP contribution in [-0.2, 0) is 0 Å². The minimum absolute atomic E-state index is 0.188. The molecule has 1 heterocycles. The van der Waals surface area contributed by atoms with Crippen LogP contribution in [0.3, 0.4) is 0 Å². The predicted octanol–water partition coefficient (Wildman–Crippen LogP) is 2.64. The normalized spacial score (nSPS) is 10.2. The number of aromatic nitrogens is 2. The van der Waals surface area contributed by atoms with E-state index in [-0.39, 0.29) is 11.9 Å². The molecule has 1 aromatic heterocycles. The van der Waals surface area contributed by atoms with E-state index in [1.165, 1.54) is 18.5 Å². The van der Waals surface area contributed by atoms with Crippen molar-refractivity contribution in [3.8, 4) is 0 Å². The Morgan fingerprint density at radius 3 is 2.52 bits per heavy atom. The fourth-order valence-corrected chi connectivity index (χ4v) is 1.55. The molecule has 2 rings (SSSR count). The van der Waals surface area contributed by atoms with Crippen LogP contribution in [0.15, 0.2) is 30.6 Å². The molecule has 2 aromatic rings. The molecule has 0 bridgehead atoms. The highest BCUT2D eigenvalue weighted by Crippen LogP contribution is 2.16. The highest BCUT2D eigenvalue weighted by Gasteiger charge is 2.07. The zero-order valence-electron chi connectivity index (χ0n) is 11.4. The summed E-state index contributed by atoms with van der Waals surface area (Å²) in [6, 6.07) is 3.37. The second-order valence-electron chi connectivity index (χ2n) is 4.31. The number of hydrogen-bond acceptors (Lipinski definition) is 4. The zero-order chi connectivity index (χ0) is 15.2. The SMILES string of the molecule is CCCNC(=O)c1cnc(Nc2ccc(F)c(F)c2)nc1. The smallest absolute Gasteiger partial charge is 0.254 e. The molecule has 0 fully saturated rings. The second kappa shape index (κ2) is 6.74. The number of nitrogens with zero attached hydrogens (tertiary/aromatic N) is 2. The maximum Gasteiger partial charge on any atom is 0.254 e. The molecular weight excluding hydrogens is 278 g/mol. The van der Waals surface area contributed by atoms with E-state index in [4.69, 9.17) is 0 Å². The number of benzene rings is 1. The average molecular weight is 292 g/mol. The van der Waals surface area contributed by atoms with Crippen molar-refractivity contribution in [1.29, 1.82) is 0 Å². The number of carbonyl (C=O) groups is 1. The van der Waals surface area contributed by atoms with Crippen LogP contribution in [0.1, 0.15) is 23.7 Å². The molecule has 1 amide bonds. The van der Waals surface area contributed by atoms with Gasteiger partial charge in [-0.15, -0.1) is 0 Å². The zero-order valence-corrected chi connectivity index (χ0v) is 11.4. The van der Waals surface area contributed by atoms with E-state index in [0.717, 1.165) is 18.6 Å². The Morgan fingerprint density at radius 2 is 1.90 bits per heavy atom. The van der Waals surface area contributed by atoms with E-state index in [2.05, 4.69) is 20.6 Å². The van der Waals surface area contributed by atoms with Crippen LogP contribution >= 0.6 is 0 Å². The summed E-state index contributed by atoms with van der Waals surface area (Å²) in [7, 11) is 0. The van der Waals surface area contributed by atoms with E-state index in [1.807, 2.05) is 6.92 Å². The van der Waals surface area contributed by atoms with Crippen LogP contribution < -0.4 is 10.6 Å². The van der Waals surface area contributed by atoms with Gasteiger partial charge in [0, 0.05) is 30.7 Å². The van der Waals surface area contributed by atoms with Gasteiger partial charge < -0.3 is 10.6 Å². The van der Waals surface area contributed by atoms with Crippen molar-refractivity contribution in [2.24, 2.45) is 0 Å². The minimum atomic E-state index is -0.962. The van der Waals surface area contributed by atoms with Gasteiger partial charge in [0.15, 0.2) is 11.6 Å². The number of rotatable bonds is 5. The number of halogens is 2. The summed E-state index contributed by atoms with van der Waals surface area (Å²) >= 11 is 0. The highest BCUT2D eigenvalue weighted by atomic mass is 19.2. The van der Waals surface area contributed by atoms with Gasteiger partial charge in [0.25, 0.3) is 5.91 Å². The molecule has 0 unspecified atom stereocenters. The highest BCUT2D eigenvalue weighted by molar-refractivity contribution is 5.93.